The first-order chi connectivity index (χ1) is 7.07. The fourth-order valence-electron chi connectivity index (χ4n) is 2.24. The summed E-state index contributed by atoms with van der Waals surface area (Å²) < 4.78 is 6.21. The van der Waals surface area contributed by atoms with E-state index in [1.54, 1.807) is 0 Å². The predicted octanol–water partition coefficient (Wildman–Crippen LogP) is 2.98. The molecule has 1 aliphatic rings. The first kappa shape index (κ1) is 13.5. The first-order valence-corrected chi connectivity index (χ1v) is 11.1. The molecule has 90 valence electrons. The zero-order chi connectivity index (χ0) is 11.3. The molecule has 3 heteroatoms. The molecule has 1 fully saturated rings. The summed E-state index contributed by atoms with van der Waals surface area (Å²) >= 11 is -0.507. The Bertz CT molecular complexity index is 176. The first-order valence-electron chi connectivity index (χ1n) is 6.03. The van der Waals surface area contributed by atoms with Crippen molar-refractivity contribution >= 4 is 14.7 Å². The van der Waals surface area contributed by atoms with Gasteiger partial charge in [0.05, 0.1) is 0 Å². The van der Waals surface area contributed by atoms with Crippen LogP contribution in [-0.2, 0) is 4.74 Å². The van der Waals surface area contributed by atoms with E-state index in [0.717, 1.165) is 6.61 Å². The van der Waals surface area contributed by atoms with Crippen molar-refractivity contribution in [1.29, 1.82) is 0 Å². The minimum absolute atomic E-state index is 0.0721. The number of nitrogens with zero attached hydrogens (tertiary/aromatic N) is 1. The van der Waals surface area contributed by atoms with Crippen LogP contribution in [-0.4, -0.2) is 46.0 Å². The van der Waals surface area contributed by atoms with E-state index in [9.17, 15) is 0 Å². The molecule has 15 heavy (non-hydrogen) atoms. The van der Waals surface area contributed by atoms with Gasteiger partial charge in [-0.1, -0.05) is 0 Å². The monoisotopic (exact) mass is 275 g/mol. The Morgan fingerprint density at radius 2 is 1.73 bits per heavy atom. The Balaban J connectivity index is 2.42. The number of rotatable bonds is 5. The Morgan fingerprint density at radius 3 is 2.20 bits per heavy atom. The number of ether oxygens (including phenoxy) is 1. The van der Waals surface area contributed by atoms with Crippen LogP contribution in [0.2, 0.25) is 16.6 Å². The van der Waals surface area contributed by atoms with E-state index in [2.05, 4.69) is 30.4 Å². The van der Waals surface area contributed by atoms with Crippen LogP contribution < -0.4 is 0 Å². The fourth-order valence-corrected chi connectivity index (χ4v) is 3.20. The van der Waals surface area contributed by atoms with E-state index >= 15 is 0 Å². The van der Waals surface area contributed by atoms with Crippen molar-refractivity contribution in [2.75, 3.05) is 20.7 Å². The molecule has 0 unspecified atom stereocenters. The molecule has 0 aromatic heterocycles. The quantitative estimate of drug-likeness (QED) is 0.565. The molecule has 0 heterocycles. The molecule has 0 saturated heterocycles. The molecule has 1 saturated carbocycles. The SMILES string of the molecule is CN(C)C1(OCC[As](C)C)CCCCC1. The normalized spacial score (nSPS) is 21.2. The second-order valence-electron chi connectivity index (χ2n) is 5.05. The van der Waals surface area contributed by atoms with Crippen molar-refractivity contribution < 1.29 is 4.74 Å². The topological polar surface area (TPSA) is 12.5 Å². The van der Waals surface area contributed by atoms with Crippen molar-refractivity contribution in [3.05, 3.63) is 0 Å². The van der Waals surface area contributed by atoms with Crippen molar-refractivity contribution in [3.63, 3.8) is 0 Å². The van der Waals surface area contributed by atoms with Gasteiger partial charge in [-0.2, -0.15) is 0 Å². The number of hydrogen-bond donors (Lipinski definition) is 0. The van der Waals surface area contributed by atoms with Crippen LogP contribution in [0.1, 0.15) is 32.1 Å². The molecule has 2 nitrogen and oxygen atoms in total. The maximum atomic E-state index is 6.21. The summed E-state index contributed by atoms with van der Waals surface area (Å²) in [5.41, 5.74) is 4.88. The van der Waals surface area contributed by atoms with Gasteiger partial charge < -0.3 is 0 Å². The standard InChI is InChI=1S/C12H26AsNO/c1-13(2)10-11-15-12(14(3)4)8-6-5-7-9-12/h5-11H2,1-4H3. The van der Waals surface area contributed by atoms with Crippen LogP contribution in [0.3, 0.4) is 0 Å². The van der Waals surface area contributed by atoms with Gasteiger partial charge in [0.15, 0.2) is 0 Å². The van der Waals surface area contributed by atoms with E-state index in [0.29, 0.717) is 0 Å². The fraction of sp³-hybridized carbons (Fsp3) is 1.00. The van der Waals surface area contributed by atoms with Gasteiger partial charge in [-0.25, -0.2) is 0 Å². The second kappa shape index (κ2) is 6.27. The summed E-state index contributed by atoms with van der Waals surface area (Å²) in [6.07, 6.45) is 6.49. The molecule has 0 amide bonds. The Kier molecular flexibility index (Phi) is 5.66. The summed E-state index contributed by atoms with van der Waals surface area (Å²) in [6, 6.07) is 0. The van der Waals surface area contributed by atoms with Gasteiger partial charge in [0.25, 0.3) is 0 Å². The summed E-state index contributed by atoms with van der Waals surface area (Å²) in [5, 5.41) is 1.32. The molecular formula is C12H26AsNO. The van der Waals surface area contributed by atoms with Gasteiger partial charge >= 0.3 is 99.5 Å². The van der Waals surface area contributed by atoms with Crippen LogP contribution in [0.5, 0.6) is 0 Å². The molecule has 0 radical (unpaired) electrons. The Morgan fingerprint density at radius 1 is 1.13 bits per heavy atom. The van der Waals surface area contributed by atoms with Crippen LogP contribution in [0, 0.1) is 0 Å². The van der Waals surface area contributed by atoms with E-state index in [1.165, 1.54) is 37.3 Å². The van der Waals surface area contributed by atoms with E-state index in [4.69, 9.17) is 4.74 Å². The van der Waals surface area contributed by atoms with E-state index in [-0.39, 0.29) is 5.72 Å². The molecule has 0 aromatic rings. The van der Waals surface area contributed by atoms with Crippen LogP contribution in [0.4, 0.5) is 0 Å². The molecule has 0 spiro atoms. The third-order valence-electron chi connectivity index (χ3n) is 3.36. The van der Waals surface area contributed by atoms with Gasteiger partial charge in [-0.15, -0.1) is 0 Å². The number of hydrogen-bond acceptors (Lipinski definition) is 2. The molecular weight excluding hydrogens is 249 g/mol. The molecule has 0 bridgehead atoms. The Labute approximate surface area is 99.6 Å². The zero-order valence-electron chi connectivity index (χ0n) is 10.8. The zero-order valence-corrected chi connectivity index (χ0v) is 12.6. The van der Waals surface area contributed by atoms with Crippen LogP contribution in [0.25, 0.3) is 0 Å². The van der Waals surface area contributed by atoms with E-state index < -0.39 is 14.7 Å². The summed E-state index contributed by atoms with van der Waals surface area (Å²) in [5.74, 6) is 0. The van der Waals surface area contributed by atoms with Gasteiger partial charge in [0.1, 0.15) is 0 Å². The molecule has 0 aromatic carbocycles. The van der Waals surface area contributed by atoms with Crippen molar-refractivity contribution in [3.8, 4) is 0 Å². The van der Waals surface area contributed by atoms with Gasteiger partial charge in [-0.3, -0.25) is 0 Å². The van der Waals surface area contributed by atoms with Gasteiger partial charge in [0.2, 0.25) is 0 Å². The summed E-state index contributed by atoms with van der Waals surface area (Å²) in [4.78, 5) is 2.30. The molecule has 0 atom stereocenters. The maximum absolute atomic E-state index is 6.21. The molecule has 1 rings (SSSR count). The van der Waals surface area contributed by atoms with Crippen LogP contribution >= 0.6 is 0 Å². The molecule has 1 aliphatic carbocycles. The van der Waals surface area contributed by atoms with Crippen LogP contribution in [0.15, 0.2) is 0 Å². The second-order valence-corrected chi connectivity index (χ2v) is 10.5. The van der Waals surface area contributed by atoms with E-state index in [1.807, 2.05) is 0 Å². The average Bonchev–Trinajstić information content (AvgIpc) is 2.18. The summed E-state index contributed by atoms with van der Waals surface area (Å²) in [6.45, 7) is 0.977. The molecule has 0 aliphatic heterocycles. The molecule has 0 N–H and O–H groups in total. The summed E-state index contributed by atoms with van der Waals surface area (Å²) in [7, 11) is 4.33. The Hall–Kier alpha value is 0.478. The average molecular weight is 275 g/mol. The third-order valence-corrected chi connectivity index (χ3v) is 5.62. The van der Waals surface area contributed by atoms with Gasteiger partial charge in [0, 0.05) is 0 Å². The van der Waals surface area contributed by atoms with Crippen molar-refractivity contribution in [2.45, 2.75) is 54.5 Å². The predicted molar refractivity (Wildman–Crippen MR) is 67.7 cm³/mol. The van der Waals surface area contributed by atoms with Crippen molar-refractivity contribution in [2.24, 2.45) is 0 Å². The third kappa shape index (κ3) is 4.09. The minimum atomic E-state index is -0.507. The van der Waals surface area contributed by atoms with Gasteiger partial charge in [-0.05, 0) is 0 Å². The van der Waals surface area contributed by atoms with Crippen molar-refractivity contribution in [1.82, 2.24) is 4.90 Å².